The number of nitrogen functional groups attached to an aromatic ring is 1. The van der Waals surface area contributed by atoms with E-state index in [4.69, 9.17) is 15.2 Å². The summed E-state index contributed by atoms with van der Waals surface area (Å²) >= 11 is 0. The van der Waals surface area contributed by atoms with Crippen LogP contribution < -0.4 is 10.5 Å². The largest absolute Gasteiger partial charge is 0.476 e. The minimum absolute atomic E-state index is 0.215. The normalized spacial score (nSPS) is 11.0. The number of carbonyl (C=O) groups is 1. The number of ether oxygens (including phenoxy) is 2. The van der Waals surface area contributed by atoms with E-state index in [2.05, 4.69) is 9.97 Å². The standard InChI is InChI=1S/C22H29N5O3/c1-7-15-11-17(26-18(12-23)19(15)24)16-10-14(2)20(25-13-16)29-9-8-27(6)21(28)30-22(3,4)5/h10-11,13H,7-9,24H2,1-6H3. The summed E-state index contributed by atoms with van der Waals surface area (Å²) in [4.78, 5) is 22.2. The number of nitrogens with two attached hydrogens (primary N) is 1. The van der Waals surface area contributed by atoms with Crippen molar-refractivity contribution in [2.24, 2.45) is 0 Å². The molecular formula is C22H29N5O3. The highest BCUT2D eigenvalue weighted by Crippen LogP contribution is 2.27. The van der Waals surface area contributed by atoms with Crippen molar-refractivity contribution in [1.29, 1.82) is 5.26 Å². The molecule has 2 N–H and O–H groups in total. The first-order valence-corrected chi connectivity index (χ1v) is 9.79. The van der Waals surface area contributed by atoms with E-state index in [1.807, 2.05) is 52.8 Å². The van der Waals surface area contributed by atoms with Crippen LogP contribution in [0, 0.1) is 18.3 Å². The van der Waals surface area contributed by atoms with Gasteiger partial charge >= 0.3 is 6.09 Å². The quantitative estimate of drug-likeness (QED) is 0.770. The monoisotopic (exact) mass is 411 g/mol. The van der Waals surface area contributed by atoms with Gasteiger partial charge in [0.05, 0.1) is 17.9 Å². The molecule has 0 aliphatic heterocycles. The molecule has 0 aromatic carbocycles. The summed E-state index contributed by atoms with van der Waals surface area (Å²) in [6.45, 7) is 9.97. The molecule has 0 fully saturated rings. The van der Waals surface area contributed by atoms with E-state index in [1.54, 1.807) is 13.2 Å². The SMILES string of the molecule is CCc1cc(-c2cnc(OCCN(C)C(=O)OC(C)(C)C)c(C)c2)nc(C#N)c1N. The Kier molecular flexibility index (Phi) is 7.22. The van der Waals surface area contributed by atoms with Gasteiger partial charge in [-0.05, 0) is 51.8 Å². The van der Waals surface area contributed by atoms with Gasteiger partial charge in [-0.15, -0.1) is 0 Å². The van der Waals surface area contributed by atoms with E-state index < -0.39 is 11.7 Å². The lowest BCUT2D eigenvalue weighted by Gasteiger charge is -2.24. The van der Waals surface area contributed by atoms with Crippen LogP contribution in [0.4, 0.5) is 10.5 Å². The van der Waals surface area contributed by atoms with Crippen molar-refractivity contribution >= 4 is 11.8 Å². The number of amides is 1. The van der Waals surface area contributed by atoms with Gasteiger partial charge in [-0.2, -0.15) is 5.26 Å². The molecule has 0 atom stereocenters. The molecule has 2 rings (SSSR count). The molecule has 0 spiro atoms. The van der Waals surface area contributed by atoms with Crippen LogP contribution in [0.15, 0.2) is 18.3 Å². The van der Waals surface area contributed by atoms with Gasteiger partial charge in [-0.25, -0.2) is 14.8 Å². The average Bonchev–Trinajstić information content (AvgIpc) is 2.67. The Morgan fingerprint density at radius 2 is 2.03 bits per heavy atom. The van der Waals surface area contributed by atoms with Crippen LogP contribution in [0.5, 0.6) is 5.88 Å². The molecule has 0 radical (unpaired) electrons. The predicted octanol–water partition coefficient (Wildman–Crippen LogP) is 3.71. The molecule has 0 saturated carbocycles. The van der Waals surface area contributed by atoms with Crippen molar-refractivity contribution in [3.8, 4) is 23.2 Å². The highest BCUT2D eigenvalue weighted by Gasteiger charge is 2.19. The van der Waals surface area contributed by atoms with Crippen molar-refractivity contribution < 1.29 is 14.3 Å². The lowest BCUT2D eigenvalue weighted by atomic mass is 10.0. The molecule has 2 aromatic rings. The highest BCUT2D eigenvalue weighted by molar-refractivity contribution is 5.68. The van der Waals surface area contributed by atoms with E-state index in [0.717, 1.165) is 16.7 Å². The number of pyridine rings is 2. The number of hydrogen-bond acceptors (Lipinski definition) is 7. The number of likely N-dealkylation sites (N-methyl/N-ethyl adjacent to an activating group) is 1. The smallest absolute Gasteiger partial charge is 0.410 e. The fraction of sp³-hybridized carbons (Fsp3) is 0.455. The number of rotatable bonds is 6. The lowest BCUT2D eigenvalue weighted by molar-refractivity contribution is 0.0277. The molecule has 2 aromatic heterocycles. The first kappa shape index (κ1) is 22.9. The molecule has 0 saturated heterocycles. The van der Waals surface area contributed by atoms with Crippen LogP contribution in [0.1, 0.15) is 44.5 Å². The zero-order chi connectivity index (χ0) is 22.5. The summed E-state index contributed by atoms with van der Waals surface area (Å²) < 4.78 is 11.0. The Morgan fingerprint density at radius 1 is 1.33 bits per heavy atom. The summed E-state index contributed by atoms with van der Waals surface area (Å²) in [5, 5.41) is 9.29. The summed E-state index contributed by atoms with van der Waals surface area (Å²) in [5.74, 6) is 0.475. The van der Waals surface area contributed by atoms with Crippen molar-refractivity contribution in [2.75, 3.05) is 25.9 Å². The Hall–Kier alpha value is -3.34. The van der Waals surface area contributed by atoms with Crippen molar-refractivity contribution in [3.05, 3.63) is 35.2 Å². The van der Waals surface area contributed by atoms with Gasteiger partial charge in [0.2, 0.25) is 5.88 Å². The molecule has 30 heavy (non-hydrogen) atoms. The topological polar surface area (TPSA) is 114 Å². The van der Waals surface area contributed by atoms with Crippen molar-refractivity contribution in [2.45, 2.75) is 46.6 Å². The first-order chi connectivity index (χ1) is 14.1. The Balaban J connectivity index is 2.08. The minimum atomic E-state index is -0.542. The second-order valence-corrected chi connectivity index (χ2v) is 7.99. The number of aromatic nitrogens is 2. The van der Waals surface area contributed by atoms with Crippen LogP contribution >= 0.6 is 0 Å². The third kappa shape index (κ3) is 5.83. The molecule has 160 valence electrons. The van der Waals surface area contributed by atoms with Crippen LogP contribution in [0.3, 0.4) is 0 Å². The number of nitriles is 1. The van der Waals surface area contributed by atoms with Crippen molar-refractivity contribution in [1.82, 2.24) is 14.9 Å². The Morgan fingerprint density at radius 3 is 2.60 bits per heavy atom. The van der Waals surface area contributed by atoms with E-state index in [0.29, 0.717) is 30.2 Å². The third-order valence-electron chi connectivity index (χ3n) is 4.33. The summed E-state index contributed by atoms with van der Waals surface area (Å²) in [6, 6.07) is 5.82. The minimum Gasteiger partial charge on any atom is -0.476 e. The maximum Gasteiger partial charge on any atom is 0.410 e. The van der Waals surface area contributed by atoms with Crippen LogP contribution in [0.2, 0.25) is 0 Å². The van der Waals surface area contributed by atoms with E-state index in [1.165, 1.54) is 4.90 Å². The third-order valence-corrected chi connectivity index (χ3v) is 4.33. The van der Waals surface area contributed by atoms with E-state index in [-0.39, 0.29) is 12.3 Å². The number of nitrogens with zero attached hydrogens (tertiary/aromatic N) is 4. The van der Waals surface area contributed by atoms with Gasteiger partial charge in [0.1, 0.15) is 18.3 Å². The lowest BCUT2D eigenvalue weighted by Crippen LogP contribution is -2.36. The number of hydrogen-bond donors (Lipinski definition) is 1. The molecule has 0 unspecified atom stereocenters. The van der Waals surface area contributed by atoms with Gasteiger partial charge in [-0.3, -0.25) is 0 Å². The van der Waals surface area contributed by atoms with Gasteiger partial charge in [-0.1, -0.05) is 6.92 Å². The zero-order valence-corrected chi connectivity index (χ0v) is 18.4. The van der Waals surface area contributed by atoms with Gasteiger partial charge in [0.15, 0.2) is 5.69 Å². The molecule has 0 bridgehead atoms. The molecular weight excluding hydrogens is 382 g/mol. The molecule has 8 nitrogen and oxygen atoms in total. The second-order valence-electron chi connectivity index (χ2n) is 7.99. The van der Waals surface area contributed by atoms with Crippen LogP contribution in [-0.2, 0) is 11.2 Å². The summed E-state index contributed by atoms with van der Waals surface area (Å²) in [5.41, 5.74) is 9.19. The van der Waals surface area contributed by atoms with Crippen LogP contribution in [-0.4, -0.2) is 46.8 Å². The average molecular weight is 412 g/mol. The van der Waals surface area contributed by atoms with Crippen LogP contribution in [0.25, 0.3) is 11.3 Å². The molecule has 1 amide bonds. The highest BCUT2D eigenvalue weighted by atomic mass is 16.6. The number of carbonyl (C=O) groups excluding carboxylic acids is 1. The molecule has 2 heterocycles. The fourth-order valence-corrected chi connectivity index (χ4v) is 2.70. The van der Waals surface area contributed by atoms with E-state index >= 15 is 0 Å². The van der Waals surface area contributed by atoms with Gasteiger partial charge in [0, 0.05) is 24.4 Å². The summed E-state index contributed by atoms with van der Waals surface area (Å²) in [6.07, 6.45) is 1.95. The maximum absolute atomic E-state index is 12.0. The number of anilines is 1. The molecule has 8 heteroatoms. The fourth-order valence-electron chi connectivity index (χ4n) is 2.70. The number of aryl methyl sites for hydroxylation is 2. The van der Waals surface area contributed by atoms with E-state index in [9.17, 15) is 10.1 Å². The molecule has 0 aliphatic carbocycles. The first-order valence-electron chi connectivity index (χ1n) is 9.79. The Labute approximate surface area is 177 Å². The Bertz CT molecular complexity index is 960. The zero-order valence-electron chi connectivity index (χ0n) is 18.4. The predicted molar refractivity (Wildman–Crippen MR) is 115 cm³/mol. The molecule has 0 aliphatic rings. The maximum atomic E-state index is 12.0. The van der Waals surface area contributed by atoms with Gasteiger partial charge < -0.3 is 20.1 Å². The van der Waals surface area contributed by atoms with Gasteiger partial charge in [0.25, 0.3) is 0 Å². The second kappa shape index (κ2) is 9.44. The summed E-state index contributed by atoms with van der Waals surface area (Å²) in [7, 11) is 1.66. The van der Waals surface area contributed by atoms with Crippen molar-refractivity contribution in [3.63, 3.8) is 0 Å².